The van der Waals surface area contributed by atoms with Crippen LogP contribution in [0.25, 0.3) is 11.3 Å². The predicted molar refractivity (Wildman–Crippen MR) is 103 cm³/mol. The maximum Gasteiger partial charge on any atom is 0.220 e. The third-order valence-electron chi connectivity index (χ3n) is 3.97. The molecule has 7 heteroatoms. The lowest BCUT2D eigenvalue weighted by Gasteiger charge is -2.04. The van der Waals surface area contributed by atoms with Crippen molar-refractivity contribution in [2.45, 2.75) is 19.3 Å². The first-order chi connectivity index (χ1) is 13.0. The maximum absolute atomic E-state index is 12.9. The molecule has 3 aromatic rings. The van der Waals surface area contributed by atoms with Crippen LogP contribution in [0, 0.1) is 5.82 Å². The van der Waals surface area contributed by atoms with Gasteiger partial charge in [0.25, 0.3) is 0 Å². The van der Waals surface area contributed by atoms with E-state index in [0.717, 1.165) is 5.56 Å². The van der Waals surface area contributed by atoms with Crippen LogP contribution in [-0.2, 0) is 17.6 Å². The lowest BCUT2D eigenvalue weighted by Crippen LogP contribution is -2.25. The van der Waals surface area contributed by atoms with E-state index in [4.69, 9.17) is 27.6 Å². The van der Waals surface area contributed by atoms with E-state index in [2.05, 4.69) is 10.3 Å². The molecule has 0 bridgehead atoms. The monoisotopic (exact) mass is 406 g/mol. The molecule has 0 radical (unpaired) electrons. The maximum atomic E-state index is 12.9. The smallest absolute Gasteiger partial charge is 0.220 e. The van der Waals surface area contributed by atoms with Gasteiger partial charge in [-0.3, -0.25) is 4.79 Å². The number of aromatic nitrogens is 1. The summed E-state index contributed by atoms with van der Waals surface area (Å²) in [5.41, 5.74) is 1.66. The number of hydrogen-bond donors (Lipinski definition) is 1. The fraction of sp³-hybridized carbons (Fsp3) is 0.200. The number of carbonyl (C=O) groups excluding carboxylic acids is 1. The molecule has 27 heavy (non-hydrogen) atoms. The molecule has 3 rings (SSSR count). The molecule has 1 aromatic heterocycles. The molecule has 4 nitrogen and oxygen atoms in total. The van der Waals surface area contributed by atoms with Crippen LogP contribution in [0.15, 0.2) is 53.1 Å². The largest absolute Gasteiger partial charge is 0.441 e. The van der Waals surface area contributed by atoms with Gasteiger partial charge >= 0.3 is 0 Å². The number of benzene rings is 2. The first-order valence-corrected chi connectivity index (χ1v) is 9.18. The summed E-state index contributed by atoms with van der Waals surface area (Å²) in [5.74, 6) is 0.627. The van der Waals surface area contributed by atoms with Crippen LogP contribution in [0.4, 0.5) is 4.39 Å². The highest BCUT2D eigenvalue weighted by atomic mass is 35.5. The molecule has 0 aliphatic heterocycles. The number of rotatable bonds is 7. The Labute approximate surface area is 166 Å². The third-order valence-corrected chi connectivity index (χ3v) is 4.51. The number of carbonyl (C=O) groups is 1. The van der Waals surface area contributed by atoms with Gasteiger partial charge in [0, 0.05) is 30.0 Å². The van der Waals surface area contributed by atoms with Crippen molar-refractivity contribution in [1.82, 2.24) is 10.3 Å². The molecule has 0 spiro atoms. The molecule has 0 fully saturated rings. The van der Waals surface area contributed by atoms with Crippen molar-refractivity contribution in [2.75, 3.05) is 6.54 Å². The van der Waals surface area contributed by atoms with Crippen molar-refractivity contribution in [1.29, 1.82) is 0 Å². The van der Waals surface area contributed by atoms with Gasteiger partial charge in [-0.25, -0.2) is 9.37 Å². The van der Waals surface area contributed by atoms with Crippen LogP contribution in [0.3, 0.4) is 0 Å². The summed E-state index contributed by atoms with van der Waals surface area (Å²) in [6.45, 7) is 0.488. The molecular weight excluding hydrogens is 390 g/mol. The fourth-order valence-electron chi connectivity index (χ4n) is 2.55. The van der Waals surface area contributed by atoms with Gasteiger partial charge in [-0.15, -0.1) is 0 Å². The van der Waals surface area contributed by atoms with Crippen molar-refractivity contribution in [3.8, 4) is 11.3 Å². The number of oxazole rings is 1. The van der Waals surface area contributed by atoms with E-state index in [1.54, 1.807) is 36.5 Å². The van der Waals surface area contributed by atoms with Crippen LogP contribution >= 0.6 is 23.2 Å². The summed E-state index contributed by atoms with van der Waals surface area (Å²) >= 11 is 12.1. The highest BCUT2D eigenvalue weighted by Gasteiger charge is 2.11. The van der Waals surface area contributed by atoms with Crippen molar-refractivity contribution in [3.05, 3.63) is 76.0 Å². The minimum Gasteiger partial charge on any atom is -0.441 e. The van der Waals surface area contributed by atoms with Crippen molar-refractivity contribution in [2.24, 2.45) is 0 Å². The Kier molecular flexibility index (Phi) is 6.48. The van der Waals surface area contributed by atoms with Gasteiger partial charge in [0.1, 0.15) is 5.82 Å². The van der Waals surface area contributed by atoms with Crippen LogP contribution in [-0.4, -0.2) is 17.4 Å². The standard InChI is InChI=1S/C20H17Cl2FN2O2/c21-14-3-6-16(17(22)11-14)18-12-25-20(27-18)8-7-19(26)24-10-9-13-1-4-15(23)5-2-13/h1-6,11-12H,7-10H2,(H,24,26). The van der Waals surface area contributed by atoms with Gasteiger partial charge in [0.2, 0.25) is 5.91 Å². The van der Waals surface area contributed by atoms with Crippen molar-refractivity contribution >= 4 is 29.1 Å². The Hall–Kier alpha value is -2.37. The summed E-state index contributed by atoms with van der Waals surface area (Å²) in [5, 5.41) is 3.85. The van der Waals surface area contributed by atoms with E-state index in [1.807, 2.05) is 0 Å². The number of nitrogens with zero attached hydrogens (tertiary/aromatic N) is 1. The average molecular weight is 407 g/mol. The summed E-state index contributed by atoms with van der Waals surface area (Å²) in [7, 11) is 0. The Balaban J connectivity index is 1.46. The third kappa shape index (κ3) is 5.55. The highest BCUT2D eigenvalue weighted by Crippen LogP contribution is 2.30. The summed E-state index contributed by atoms with van der Waals surface area (Å²) in [6, 6.07) is 11.3. The van der Waals surface area contributed by atoms with E-state index in [-0.39, 0.29) is 18.1 Å². The number of hydrogen-bond acceptors (Lipinski definition) is 3. The van der Waals surface area contributed by atoms with Gasteiger partial charge in [-0.2, -0.15) is 0 Å². The van der Waals surface area contributed by atoms with Gasteiger partial charge in [0.15, 0.2) is 11.7 Å². The Bertz CT molecular complexity index is 926. The molecule has 0 saturated heterocycles. The fourth-order valence-corrected chi connectivity index (χ4v) is 3.05. The highest BCUT2D eigenvalue weighted by molar-refractivity contribution is 6.36. The first-order valence-electron chi connectivity index (χ1n) is 8.42. The molecule has 0 aliphatic rings. The second-order valence-electron chi connectivity index (χ2n) is 5.97. The van der Waals surface area contributed by atoms with E-state index < -0.39 is 0 Å². The van der Waals surface area contributed by atoms with Crippen LogP contribution < -0.4 is 5.32 Å². The first kappa shape index (κ1) is 19.4. The number of halogens is 3. The molecule has 1 heterocycles. The van der Waals surface area contributed by atoms with E-state index in [9.17, 15) is 9.18 Å². The molecule has 1 N–H and O–H groups in total. The Morgan fingerprint density at radius 2 is 1.89 bits per heavy atom. The lowest BCUT2D eigenvalue weighted by molar-refractivity contribution is -0.121. The topological polar surface area (TPSA) is 55.1 Å². The molecule has 2 aromatic carbocycles. The Morgan fingerprint density at radius 1 is 1.11 bits per heavy atom. The quantitative estimate of drug-likeness (QED) is 0.595. The Morgan fingerprint density at radius 3 is 2.63 bits per heavy atom. The predicted octanol–water partition coefficient (Wildman–Crippen LogP) is 5.08. The van der Waals surface area contributed by atoms with Gasteiger partial charge < -0.3 is 9.73 Å². The number of aryl methyl sites for hydroxylation is 1. The molecule has 0 aliphatic carbocycles. The molecule has 140 valence electrons. The van der Waals surface area contributed by atoms with Gasteiger partial charge in [-0.05, 0) is 42.3 Å². The van der Waals surface area contributed by atoms with Gasteiger partial charge in [-0.1, -0.05) is 35.3 Å². The van der Waals surface area contributed by atoms with Crippen LogP contribution in [0.2, 0.25) is 10.0 Å². The second kappa shape index (κ2) is 9.02. The van der Waals surface area contributed by atoms with E-state index in [0.29, 0.717) is 46.6 Å². The minimum absolute atomic E-state index is 0.0959. The zero-order valence-corrected chi connectivity index (χ0v) is 15.9. The molecular formula is C20H17Cl2FN2O2. The summed E-state index contributed by atoms with van der Waals surface area (Å²) < 4.78 is 18.5. The number of amides is 1. The van der Waals surface area contributed by atoms with E-state index in [1.165, 1.54) is 12.1 Å². The van der Waals surface area contributed by atoms with E-state index >= 15 is 0 Å². The summed E-state index contributed by atoms with van der Waals surface area (Å²) in [4.78, 5) is 16.1. The number of nitrogens with one attached hydrogen (secondary N) is 1. The molecule has 0 atom stereocenters. The van der Waals surface area contributed by atoms with Gasteiger partial charge in [0.05, 0.1) is 11.2 Å². The minimum atomic E-state index is -0.270. The second-order valence-corrected chi connectivity index (χ2v) is 6.81. The van der Waals surface area contributed by atoms with Crippen molar-refractivity contribution < 1.29 is 13.6 Å². The average Bonchev–Trinajstić information content (AvgIpc) is 3.10. The SMILES string of the molecule is O=C(CCc1ncc(-c2ccc(Cl)cc2Cl)o1)NCCc1ccc(F)cc1. The zero-order chi connectivity index (χ0) is 19.2. The molecule has 0 unspecified atom stereocenters. The van der Waals surface area contributed by atoms with Crippen molar-refractivity contribution in [3.63, 3.8) is 0 Å². The molecule has 0 saturated carbocycles. The normalized spacial score (nSPS) is 10.8. The lowest BCUT2D eigenvalue weighted by atomic mass is 10.1. The van der Waals surface area contributed by atoms with Crippen LogP contribution in [0.5, 0.6) is 0 Å². The molecule has 1 amide bonds. The zero-order valence-electron chi connectivity index (χ0n) is 14.3. The summed E-state index contributed by atoms with van der Waals surface area (Å²) in [6.07, 6.45) is 2.87. The van der Waals surface area contributed by atoms with Crippen LogP contribution in [0.1, 0.15) is 17.9 Å².